The van der Waals surface area contributed by atoms with Crippen molar-refractivity contribution in [3.63, 3.8) is 0 Å². The highest BCUT2D eigenvalue weighted by Crippen LogP contribution is 2.32. The minimum Gasteiger partial charge on any atom is -0.490 e. The molecule has 1 saturated carbocycles. The number of anilines is 1. The molecular weight excluding hydrogens is 463 g/mol. The number of hydrogen-bond donors (Lipinski definition) is 2. The van der Waals surface area contributed by atoms with Crippen LogP contribution < -0.4 is 15.7 Å². The number of nitrogens with zero attached hydrogens (tertiary/aromatic N) is 3. The van der Waals surface area contributed by atoms with Crippen molar-refractivity contribution in [2.75, 3.05) is 5.32 Å². The lowest BCUT2D eigenvalue weighted by Crippen LogP contribution is -2.28. The van der Waals surface area contributed by atoms with Crippen LogP contribution in [0.3, 0.4) is 0 Å². The Balaban J connectivity index is 1.77. The van der Waals surface area contributed by atoms with Crippen molar-refractivity contribution in [3.05, 3.63) is 69.1 Å². The van der Waals surface area contributed by atoms with Crippen molar-refractivity contribution in [3.8, 4) is 11.4 Å². The normalized spacial score (nSPS) is 15.1. The first-order valence-corrected chi connectivity index (χ1v) is 12.3. The maximum Gasteiger partial charge on any atom is 0.350 e. The lowest BCUT2D eigenvalue weighted by Gasteiger charge is -2.29. The van der Waals surface area contributed by atoms with Gasteiger partial charge in [0.1, 0.15) is 23.9 Å². The van der Waals surface area contributed by atoms with Gasteiger partial charge < -0.3 is 15.2 Å². The highest BCUT2D eigenvalue weighted by Gasteiger charge is 2.26. The average molecular weight is 497 g/mol. The average Bonchev–Trinajstić information content (AvgIpc) is 3.16. The summed E-state index contributed by atoms with van der Waals surface area (Å²) in [6, 6.07) is 8.12. The van der Waals surface area contributed by atoms with E-state index in [1.807, 2.05) is 39.0 Å². The van der Waals surface area contributed by atoms with Crippen molar-refractivity contribution in [1.82, 2.24) is 14.3 Å². The highest BCUT2D eigenvalue weighted by molar-refractivity contribution is 6.07. The topological polar surface area (TPSA) is 98.4 Å². The number of aliphatic hydroxyl groups is 1. The van der Waals surface area contributed by atoms with E-state index >= 15 is 4.39 Å². The van der Waals surface area contributed by atoms with Crippen LogP contribution in [-0.4, -0.2) is 31.5 Å². The second-order valence-corrected chi connectivity index (χ2v) is 9.57. The highest BCUT2D eigenvalue weighted by atomic mass is 19.1. The van der Waals surface area contributed by atoms with Crippen LogP contribution in [0.15, 0.2) is 35.1 Å². The Bertz CT molecular complexity index is 1300. The molecule has 1 atom stereocenters. The van der Waals surface area contributed by atoms with Crippen LogP contribution in [0.4, 0.5) is 10.1 Å². The molecule has 0 spiro atoms. The number of benzene rings is 2. The van der Waals surface area contributed by atoms with E-state index in [1.165, 1.54) is 19.5 Å². The zero-order valence-corrected chi connectivity index (χ0v) is 21.2. The summed E-state index contributed by atoms with van der Waals surface area (Å²) in [6.45, 7) is 5.27. The Morgan fingerprint density at radius 2 is 1.89 bits per heavy atom. The van der Waals surface area contributed by atoms with Gasteiger partial charge in [-0.1, -0.05) is 37.5 Å². The second-order valence-electron chi connectivity index (χ2n) is 9.57. The Labute approximate surface area is 209 Å². The summed E-state index contributed by atoms with van der Waals surface area (Å²) < 4.78 is 23.7. The molecule has 3 aromatic rings. The van der Waals surface area contributed by atoms with Gasteiger partial charge in [0.25, 0.3) is 5.91 Å². The molecule has 1 fully saturated rings. The third kappa shape index (κ3) is 5.06. The van der Waals surface area contributed by atoms with Crippen molar-refractivity contribution < 1.29 is 19.0 Å². The molecule has 8 nitrogen and oxygen atoms in total. The maximum absolute atomic E-state index is 15.4. The van der Waals surface area contributed by atoms with Crippen LogP contribution in [0.2, 0.25) is 0 Å². The van der Waals surface area contributed by atoms with Crippen molar-refractivity contribution >= 4 is 11.6 Å². The molecular formula is C27H33FN4O4. The van der Waals surface area contributed by atoms with Crippen LogP contribution >= 0.6 is 0 Å². The van der Waals surface area contributed by atoms with Crippen LogP contribution in [0.25, 0.3) is 5.69 Å². The molecule has 36 heavy (non-hydrogen) atoms. The lowest BCUT2D eigenvalue weighted by molar-refractivity contribution is 0.0997. The first-order chi connectivity index (χ1) is 17.2. The van der Waals surface area contributed by atoms with Gasteiger partial charge in [-0.05, 0) is 56.7 Å². The van der Waals surface area contributed by atoms with Crippen molar-refractivity contribution in [1.29, 1.82) is 0 Å². The monoisotopic (exact) mass is 496 g/mol. The fourth-order valence-electron chi connectivity index (χ4n) is 4.84. The number of halogens is 1. The summed E-state index contributed by atoms with van der Waals surface area (Å²) in [5.74, 6) is -0.719. The van der Waals surface area contributed by atoms with E-state index in [2.05, 4.69) is 10.4 Å². The van der Waals surface area contributed by atoms with E-state index in [1.54, 1.807) is 0 Å². The second kappa shape index (κ2) is 10.7. The van der Waals surface area contributed by atoms with Gasteiger partial charge >= 0.3 is 5.69 Å². The van der Waals surface area contributed by atoms with Crippen molar-refractivity contribution in [2.24, 2.45) is 13.0 Å². The Morgan fingerprint density at radius 3 is 2.50 bits per heavy atom. The third-order valence-electron chi connectivity index (χ3n) is 7.08. The van der Waals surface area contributed by atoms with Gasteiger partial charge in [0, 0.05) is 18.8 Å². The SMILES string of the molecule is Cc1cccc(C)c1NC(=O)c1cc(F)c(-n2nc(CO)n(C)c2=O)cc1O[C@H](C)C1CCCCC1. The standard InChI is InChI=1S/C27H33FN4O4/c1-16-9-8-10-17(2)25(16)29-26(34)20-13-21(28)22(32-27(35)31(4)24(15-33)30-32)14-23(20)36-18(3)19-11-6-5-7-12-19/h8-10,13-14,18-19,33H,5-7,11-12,15H2,1-4H3,(H,29,34)/t18-/m1/s1. The summed E-state index contributed by atoms with van der Waals surface area (Å²) in [6.07, 6.45) is 5.30. The number of carbonyl (C=O) groups excluding carboxylic acids is 1. The molecule has 1 amide bonds. The molecule has 1 aromatic heterocycles. The van der Waals surface area contributed by atoms with Gasteiger partial charge in [0.2, 0.25) is 0 Å². The third-order valence-corrected chi connectivity index (χ3v) is 7.08. The summed E-state index contributed by atoms with van der Waals surface area (Å²) in [5, 5.41) is 16.4. The number of nitrogens with one attached hydrogen (secondary N) is 1. The molecule has 9 heteroatoms. The Hall–Kier alpha value is -3.46. The van der Waals surface area contributed by atoms with E-state index in [4.69, 9.17) is 4.74 Å². The first kappa shape index (κ1) is 25.6. The Morgan fingerprint density at radius 1 is 1.22 bits per heavy atom. The molecule has 0 aliphatic heterocycles. The van der Waals surface area contributed by atoms with Gasteiger partial charge in [-0.15, -0.1) is 5.10 Å². The van der Waals surface area contributed by atoms with Gasteiger partial charge in [-0.3, -0.25) is 9.36 Å². The van der Waals surface area contributed by atoms with Crippen LogP contribution in [0.1, 0.15) is 66.3 Å². The van der Waals surface area contributed by atoms with Gasteiger partial charge in [-0.2, -0.15) is 4.68 Å². The minimum atomic E-state index is -0.802. The smallest absolute Gasteiger partial charge is 0.350 e. The van der Waals surface area contributed by atoms with Crippen LogP contribution in [0, 0.1) is 25.6 Å². The summed E-state index contributed by atoms with van der Waals surface area (Å²) >= 11 is 0. The number of para-hydroxylation sites is 1. The molecule has 2 aromatic carbocycles. The number of aryl methyl sites for hydroxylation is 2. The lowest BCUT2D eigenvalue weighted by atomic mass is 9.86. The van der Waals surface area contributed by atoms with E-state index in [9.17, 15) is 14.7 Å². The molecule has 1 heterocycles. The number of carbonyl (C=O) groups is 1. The molecule has 192 valence electrons. The molecule has 2 N–H and O–H groups in total. The zero-order valence-electron chi connectivity index (χ0n) is 21.2. The largest absolute Gasteiger partial charge is 0.490 e. The van der Waals surface area contributed by atoms with Gasteiger partial charge in [0.05, 0.1) is 11.7 Å². The number of amides is 1. The fraction of sp³-hybridized carbons (Fsp3) is 0.444. The number of aliphatic hydroxyl groups excluding tert-OH is 1. The van der Waals surface area contributed by atoms with E-state index < -0.39 is 24.0 Å². The molecule has 0 saturated heterocycles. The predicted molar refractivity (Wildman–Crippen MR) is 135 cm³/mol. The van der Waals surface area contributed by atoms with Crippen LogP contribution in [0.5, 0.6) is 5.75 Å². The number of hydrogen-bond acceptors (Lipinski definition) is 5. The molecule has 0 bridgehead atoms. The van der Waals surface area contributed by atoms with Gasteiger partial charge in [0.15, 0.2) is 5.82 Å². The predicted octanol–water partition coefficient (Wildman–Crippen LogP) is 4.42. The number of ether oxygens (including phenoxy) is 1. The summed E-state index contributed by atoms with van der Waals surface area (Å²) in [5.41, 5.74) is 1.70. The van der Waals surface area contributed by atoms with Gasteiger partial charge in [-0.25, -0.2) is 9.18 Å². The van der Waals surface area contributed by atoms with Crippen LogP contribution in [-0.2, 0) is 13.7 Å². The van der Waals surface area contributed by atoms with E-state index in [-0.39, 0.29) is 28.9 Å². The van der Waals surface area contributed by atoms with E-state index in [0.29, 0.717) is 11.6 Å². The Kier molecular flexibility index (Phi) is 7.59. The number of rotatable bonds is 7. The first-order valence-electron chi connectivity index (χ1n) is 12.3. The quantitative estimate of drug-likeness (QED) is 0.505. The minimum absolute atomic E-state index is 0.0351. The molecule has 0 unspecified atom stereocenters. The molecule has 0 radical (unpaired) electrons. The van der Waals surface area contributed by atoms with E-state index in [0.717, 1.165) is 52.1 Å². The molecule has 1 aliphatic rings. The zero-order chi connectivity index (χ0) is 26.0. The molecule has 4 rings (SSSR count). The summed E-state index contributed by atoms with van der Waals surface area (Å²) in [4.78, 5) is 26.1. The van der Waals surface area contributed by atoms with Crippen molar-refractivity contribution in [2.45, 2.75) is 65.6 Å². The number of aromatic nitrogens is 3. The molecule has 1 aliphatic carbocycles. The fourth-order valence-corrected chi connectivity index (χ4v) is 4.84. The maximum atomic E-state index is 15.4. The summed E-state index contributed by atoms with van der Waals surface area (Å²) in [7, 11) is 1.45.